The second kappa shape index (κ2) is 6.31. The highest BCUT2D eigenvalue weighted by molar-refractivity contribution is 9.10. The van der Waals surface area contributed by atoms with Crippen molar-refractivity contribution in [1.29, 1.82) is 0 Å². The highest BCUT2D eigenvalue weighted by atomic mass is 79.9. The monoisotopic (exact) mass is 367 g/mol. The van der Waals surface area contributed by atoms with E-state index in [1.54, 1.807) is 24.3 Å². The van der Waals surface area contributed by atoms with Gasteiger partial charge in [0.15, 0.2) is 10.5 Å². The van der Waals surface area contributed by atoms with E-state index in [4.69, 9.17) is 9.47 Å². The topological polar surface area (TPSA) is 74.2 Å². The highest BCUT2D eigenvalue weighted by Gasteiger charge is 2.52. The molecular formula is C15H14BrNO5. The van der Waals surface area contributed by atoms with Gasteiger partial charge >= 0.3 is 11.9 Å². The number of carbonyl (C=O) groups excluding carboxylic acids is 2. The third-order valence-corrected chi connectivity index (χ3v) is 4.13. The summed E-state index contributed by atoms with van der Waals surface area (Å²) in [6.45, 7) is 3.67. The number of alkyl halides is 1. The van der Waals surface area contributed by atoms with Gasteiger partial charge in [-0.3, -0.25) is 4.79 Å². The number of methoxy groups -OCH3 is 2. The maximum absolute atomic E-state index is 12.0. The molecule has 0 amide bonds. The van der Waals surface area contributed by atoms with Crippen molar-refractivity contribution in [2.24, 2.45) is 4.99 Å². The van der Waals surface area contributed by atoms with Crippen molar-refractivity contribution in [3.8, 4) is 0 Å². The van der Waals surface area contributed by atoms with Gasteiger partial charge in [0.1, 0.15) is 5.76 Å². The minimum Gasteiger partial charge on any atom is -0.468 e. The van der Waals surface area contributed by atoms with Crippen molar-refractivity contribution in [3.05, 3.63) is 48.2 Å². The van der Waals surface area contributed by atoms with Gasteiger partial charge in [-0.25, -0.2) is 9.79 Å². The molecular weight excluding hydrogens is 354 g/mol. The molecule has 0 bridgehead atoms. The first-order chi connectivity index (χ1) is 10.5. The van der Waals surface area contributed by atoms with E-state index in [1.807, 2.05) is 6.07 Å². The van der Waals surface area contributed by atoms with E-state index >= 15 is 0 Å². The van der Waals surface area contributed by atoms with Gasteiger partial charge < -0.3 is 14.2 Å². The Hall–Kier alpha value is -2.15. The first kappa shape index (κ1) is 16.2. The second-order valence-electron chi connectivity index (χ2n) is 4.43. The van der Waals surface area contributed by atoms with Crippen LogP contribution < -0.4 is 0 Å². The van der Waals surface area contributed by atoms with Crippen LogP contribution in [0.15, 0.2) is 47.7 Å². The number of rotatable bonds is 4. The summed E-state index contributed by atoms with van der Waals surface area (Å²) in [6.07, 6.45) is 0. The van der Waals surface area contributed by atoms with Crippen LogP contribution >= 0.6 is 15.9 Å². The van der Waals surface area contributed by atoms with Crippen LogP contribution in [-0.2, 0) is 29.5 Å². The van der Waals surface area contributed by atoms with E-state index in [0.717, 1.165) is 0 Å². The molecule has 2 unspecified atom stereocenters. The molecule has 0 spiro atoms. The number of halogens is 1. The van der Waals surface area contributed by atoms with E-state index in [2.05, 4.69) is 32.2 Å². The average molecular weight is 368 g/mol. The van der Waals surface area contributed by atoms with E-state index in [1.165, 1.54) is 14.2 Å². The summed E-state index contributed by atoms with van der Waals surface area (Å²) in [5.74, 6) is -1.25. The Kier molecular flexibility index (Phi) is 4.65. The largest absolute Gasteiger partial charge is 0.468 e. The Labute approximate surface area is 135 Å². The minimum atomic E-state index is -1.48. The standard InChI is InChI=1S/C15H14BrNO5/c1-9-11(13(18)20-2)17-15(22-9,12(16)14(19)21-3)10-7-5-4-6-8-10/h4-8,12H,1H2,2-3H3. The fourth-order valence-corrected chi connectivity index (χ4v) is 2.71. The lowest BCUT2D eigenvalue weighted by Crippen LogP contribution is -2.40. The van der Waals surface area contributed by atoms with E-state index in [9.17, 15) is 9.59 Å². The Balaban J connectivity index is 2.59. The van der Waals surface area contributed by atoms with Gasteiger partial charge in [0.05, 0.1) is 14.2 Å². The lowest BCUT2D eigenvalue weighted by atomic mass is 10.00. The molecule has 0 fully saturated rings. The molecule has 2 atom stereocenters. The van der Waals surface area contributed by atoms with Crippen molar-refractivity contribution in [1.82, 2.24) is 0 Å². The van der Waals surface area contributed by atoms with Crippen LogP contribution in [0.4, 0.5) is 0 Å². The second-order valence-corrected chi connectivity index (χ2v) is 5.34. The van der Waals surface area contributed by atoms with Crippen LogP contribution in [0.25, 0.3) is 0 Å². The molecule has 1 aromatic carbocycles. The van der Waals surface area contributed by atoms with Crippen LogP contribution in [0.3, 0.4) is 0 Å². The molecule has 1 aliphatic heterocycles. The molecule has 1 heterocycles. The van der Waals surface area contributed by atoms with Crippen LogP contribution in [0.5, 0.6) is 0 Å². The molecule has 0 radical (unpaired) electrons. The van der Waals surface area contributed by atoms with Crippen LogP contribution in [-0.4, -0.2) is 36.7 Å². The summed E-state index contributed by atoms with van der Waals surface area (Å²) in [6, 6.07) is 8.81. The molecule has 6 nitrogen and oxygen atoms in total. The third-order valence-electron chi connectivity index (χ3n) is 3.14. The number of hydrogen-bond acceptors (Lipinski definition) is 6. The Morgan fingerprint density at radius 2 is 1.91 bits per heavy atom. The van der Waals surface area contributed by atoms with Crippen LogP contribution in [0.2, 0.25) is 0 Å². The highest BCUT2D eigenvalue weighted by Crippen LogP contribution is 2.42. The number of hydrogen-bond donors (Lipinski definition) is 0. The molecule has 0 aliphatic carbocycles. The normalized spacial score (nSPS) is 21.6. The number of aliphatic imine (C=N–C) groups is 1. The summed E-state index contributed by atoms with van der Waals surface area (Å²) in [5.41, 5.74) is -0.975. The van der Waals surface area contributed by atoms with Gasteiger partial charge in [-0.2, -0.15) is 0 Å². The fourth-order valence-electron chi connectivity index (χ4n) is 2.06. The van der Waals surface area contributed by atoms with Gasteiger partial charge in [-0.1, -0.05) is 52.8 Å². The lowest BCUT2D eigenvalue weighted by molar-refractivity contribution is -0.145. The summed E-state index contributed by atoms with van der Waals surface area (Å²) in [5, 5.41) is 0. The quantitative estimate of drug-likeness (QED) is 0.600. The number of esters is 2. The molecule has 0 aromatic heterocycles. The first-order valence-corrected chi connectivity index (χ1v) is 7.21. The van der Waals surface area contributed by atoms with Crippen LogP contribution in [0.1, 0.15) is 5.56 Å². The van der Waals surface area contributed by atoms with Crippen molar-refractivity contribution in [2.75, 3.05) is 14.2 Å². The van der Waals surface area contributed by atoms with E-state index < -0.39 is 22.5 Å². The number of nitrogens with zero attached hydrogens (tertiary/aromatic N) is 1. The Morgan fingerprint density at radius 3 is 2.45 bits per heavy atom. The molecule has 2 rings (SSSR count). The SMILES string of the molecule is C=C1OC(c2ccccc2)(C(Br)C(=O)OC)N=C1C(=O)OC. The van der Waals surface area contributed by atoms with Crippen molar-refractivity contribution in [3.63, 3.8) is 0 Å². The zero-order valence-corrected chi connectivity index (χ0v) is 13.6. The zero-order valence-electron chi connectivity index (χ0n) is 12.0. The third kappa shape index (κ3) is 2.64. The predicted octanol–water partition coefficient (Wildman–Crippen LogP) is 1.93. The zero-order chi connectivity index (χ0) is 16.3. The molecule has 0 saturated heterocycles. The number of benzene rings is 1. The van der Waals surface area contributed by atoms with E-state index in [-0.39, 0.29) is 11.5 Å². The molecule has 0 N–H and O–H groups in total. The first-order valence-electron chi connectivity index (χ1n) is 6.30. The van der Waals surface area contributed by atoms with Gasteiger partial charge in [0.25, 0.3) is 0 Å². The van der Waals surface area contributed by atoms with Crippen molar-refractivity contribution < 1.29 is 23.8 Å². The molecule has 116 valence electrons. The Bertz CT molecular complexity index is 643. The Morgan fingerprint density at radius 1 is 1.27 bits per heavy atom. The maximum atomic E-state index is 12.0. The molecule has 22 heavy (non-hydrogen) atoms. The van der Waals surface area contributed by atoms with Crippen LogP contribution in [0, 0.1) is 0 Å². The fraction of sp³-hybridized carbons (Fsp3) is 0.267. The summed E-state index contributed by atoms with van der Waals surface area (Å²) in [7, 11) is 2.48. The van der Waals surface area contributed by atoms with Gasteiger partial charge in [-0.15, -0.1) is 0 Å². The van der Waals surface area contributed by atoms with Crippen molar-refractivity contribution >= 4 is 33.6 Å². The van der Waals surface area contributed by atoms with Gasteiger partial charge in [0, 0.05) is 5.56 Å². The summed E-state index contributed by atoms with van der Waals surface area (Å²) in [4.78, 5) is 27.1. The number of ether oxygens (including phenoxy) is 3. The predicted molar refractivity (Wildman–Crippen MR) is 82.5 cm³/mol. The summed E-state index contributed by atoms with van der Waals surface area (Å²) >= 11 is 3.25. The molecule has 7 heteroatoms. The van der Waals surface area contributed by atoms with Gasteiger partial charge in [-0.05, 0) is 0 Å². The smallest absolute Gasteiger partial charge is 0.360 e. The molecule has 1 aliphatic rings. The van der Waals surface area contributed by atoms with E-state index in [0.29, 0.717) is 5.56 Å². The molecule has 1 aromatic rings. The minimum absolute atomic E-state index is 0.0315. The lowest BCUT2D eigenvalue weighted by Gasteiger charge is -2.29. The summed E-state index contributed by atoms with van der Waals surface area (Å²) < 4.78 is 15.1. The number of carbonyl (C=O) groups is 2. The molecule has 0 saturated carbocycles. The average Bonchev–Trinajstić information content (AvgIpc) is 2.92. The van der Waals surface area contributed by atoms with Gasteiger partial charge in [0.2, 0.25) is 5.72 Å². The maximum Gasteiger partial charge on any atom is 0.360 e. The van der Waals surface area contributed by atoms with Crippen molar-refractivity contribution in [2.45, 2.75) is 10.6 Å².